The van der Waals surface area contributed by atoms with E-state index in [0.29, 0.717) is 10.8 Å². The van der Waals surface area contributed by atoms with Gasteiger partial charge in [0.15, 0.2) is 0 Å². The summed E-state index contributed by atoms with van der Waals surface area (Å²) in [6, 6.07) is 12.2. The van der Waals surface area contributed by atoms with Crippen LogP contribution in [0.1, 0.15) is 27.4 Å². The fraction of sp³-hybridized carbons (Fsp3) is 0.188. The van der Waals surface area contributed by atoms with Crippen LogP contribution in [-0.4, -0.2) is 16.8 Å². The number of carbonyl (C=O) groups is 1. The fourth-order valence-electron chi connectivity index (χ4n) is 2.45. The van der Waals surface area contributed by atoms with Gasteiger partial charge in [-0.05, 0) is 41.7 Å². The lowest BCUT2D eigenvalue weighted by molar-refractivity contribution is 0.0696. The zero-order valence-corrected chi connectivity index (χ0v) is 11.5. The molecule has 0 bridgehead atoms. The minimum atomic E-state index is -1.03. The second kappa shape index (κ2) is 5.29. The first-order valence-corrected chi connectivity index (χ1v) is 7.37. The molecule has 1 aliphatic rings. The van der Waals surface area contributed by atoms with Gasteiger partial charge in [-0.3, -0.25) is 0 Å². The number of fused-ring (bicyclic) bond motifs is 1. The molecular weight excluding hydrogens is 275 g/mol. The maximum Gasteiger partial charge on any atom is 0.335 e. The van der Waals surface area contributed by atoms with E-state index in [1.807, 2.05) is 12.1 Å². The van der Waals surface area contributed by atoms with Crippen LogP contribution < -0.4 is 0 Å². The molecule has 1 N–H and O–H groups in total. The number of hydrogen-bond donors (Lipinski definition) is 1. The van der Waals surface area contributed by atoms with Crippen LogP contribution in [0.4, 0.5) is 4.39 Å². The molecular formula is C16H13FO2S. The monoisotopic (exact) mass is 288 g/mol. The van der Waals surface area contributed by atoms with E-state index in [1.165, 1.54) is 41.1 Å². The normalized spacial score (nSPS) is 16.4. The quantitative estimate of drug-likeness (QED) is 0.865. The van der Waals surface area contributed by atoms with Gasteiger partial charge < -0.3 is 5.11 Å². The number of aromatic carboxylic acids is 1. The van der Waals surface area contributed by atoms with E-state index in [0.717, 1.165) is 12.2 Å². The maximum absolute atomic E-state index is 13.7. The molecule has 0 aromatic heterocycles. The van der Waals surface area contributed by atoms with Crippen LogP contribution in [0.2, 0.25) is 0 Å². The number of thioether (sulfide) groups is 1. The Morgan fingerprint density at radius 2 is 2.10 bits per heavy atom. The van der Waals surface area contributed by atoms with E-state index in [9.17, 15) is 9.18 Å². The highest BCUT2D eigenvalue weighted by Crippen LogP contribution is 2.39. The average molecular weight is 288 g/mol. The van der Waals surface area contributed by atoms with Crippen LogP contribution in [0.25, 0.3) is 0 Å². The van der Waals surface area contributed by atoms with Crippen molar-refractivity contribution in [3.8, 4) is 0 Å². The average Bonchev–Trinajstić information content (AvgIpc) is 2.41. The van der Waals surface area contributed by atoms with Crippen LogP contribution >= 0.6 is 11.8 Å². The molecule has 1 unspecified atom stereocenters. The van der Waals surface area contributed by atoms with Crippen molar-refractivity contribution in [1.82, 2.24) is 0 Å². The van der Waals surface area contributed by atoms with Gasteiger partial charge in [-0.1, -0.05) is 24.3 Å². The summed E-state index contributed by atoms with van der Waals surface area (Å²) in [7, 11) is 0. The van der Waals surface area contributed by atoms with Crippen molar-refractivity contribution in [2.75, 3.05) is 5.75 Å². The molecule has 0 heterocycles. The first kappa shape index (κ1) is 13.2. The van der Waals surface area contributed by atoms with Crippen molar-refractivity contribution >= 4 is 17.7 Å². The first-order valence-electron chi connectivity index (χ1n) is 6.38. The predicted molar refractivity (Wildman–Crippen MR) is 77.0 cm³/mol. The van der Waals surface area contributed by atoms with Crippen LogP contribution in [0.15, 0.2) is 47.4 Å². The summed E-state index contributed by atoms with van der Waals surface area (Å²) in [5, 5.41) is 8.93. The topological polar surface area (TPSA) is 37.3 Å². The third kappa shape index (κ3) is 2.43. The summed E-state index contributed by atoms with van der Waals surface area (Å²) >= 11 is 1.39. The molecule has 102 valence electrons. The summed E-state index contributed by atoms with van der Waals surface area (Å²) in [6.07, 6.45) is 1.02. The lowest BCUT2D eigenvalue weighted by atomic mass is 9.79. The molecule has 2 nitrogen and oxygen atoms in total. The Morgan fingerprint density at radius 1 is 1.30 bits per heavy atom. The van der Waals surface area contributed by atoms with Crippen LogP contribution in [0, 0.1) is 5.82 Å². The van der Waals surface area contributed by atoms with E-state index < -0.39 is 5.97 Å². The van der Waals surface area contributed by atoms with Gasteiger partial charge in [0.2, 0.25) is 0 Å². The summed E-state index contributed by atoms with van der Waals surface area (Å²) in [5.41, 5.74) is 2.82. The molecule has 20 heavy (non-hydrogen) atoms. The third-order valence-electron chi connectivity index (χ3n) is 3.58. The standard InChI is InChI=1S/C16H13FO2S/c17-14-6-5-11(16(18)19)8-15(14)20-9-12-7-10-3-1-2-4-13(10)12/h1-6,8,12H,7,9H2,(H,18,19). The van der Waals surface area contributed by atoms with Gasteiger partial charge >= 0.3 is 5.97 Å². The zero-order chi connectivity index (χ0) is 14.1. The highest BCUT2D eigenvalue weighted by atomic mass is 32.2. The highest BCUT2D eigenvalue weighted by molar-refractivity contribution is 7.99. The van der Waals surface area contributed by atoms with Crippen molar-refractivity contribution in [3.63, 3.8) is 0 Å². The lowest BCUT2D eigenvalue weighted by Gasteiger charge is -2.29. The largest absolute Gasteiger partial charge is 0.478 e. The van der Waals surface area contributed by atoms with Crippen LogP contribution in [0.3, 0.4) is 0 Å². The van der Waals surface area contributed by atoms with Gasteiger partial charge in [0.1, 0.15) is 5.82 Å². The second-order valence-electron chi connectivity index (χ2n) is 4.86. The molecule has 0 saturated carbocycles. The van der Waals surface area contributed by atoms with Gasteiger partial charge in [0.05, 0.1) is 5.56 Å². The van der Waals surface area contributed by atoms with Crippen LogP contribution in [0.5, 0.6) is 0 Å². The van der Waals surface area contributed by atoms with E-state index >= 15 is 0 Å². The number of carboxylic acids is 1. The molecule has 2 aromatic rings. The maximum atomic E-state index is 13.7. The molecule has 0 radical (unpaired) electrons. The van der Waals surface area contributed by atoms with Crippen molar-refractivity contribution in [3.05, 3.63) is 65.0 Å². The Balaban J connectivity index is 1.71. The Labute approximate surface area is 120 Å². The molecule has 0 saturated heterocycles. The van der Waals surface area contributed by atoms with Crippen molar-refractivity contribution in [2.24, 2.45) is 0 Å². The minimum Gasteiger partial charge on any atom is -0.478 e. The van der Waals surface area contributed by atoms with Crippen LogP contribution in [-0.2, 0) is 6.42 Å². The van der Waals surface area contributed by atoms with E-state index in [1.54, 1.807) is 0 Å². The molecule has 0 aliphatic heterocycles. The van der Waals surface area contributed by atoms with E-state index in [-0.39, 0.29) is 11.4 Å². The molecule has 2 aromatic carbocycles. The minimum absolute atomic E-state index is 0.128. The Hall–Kier alpha value is -1.81. The zero-order valence-electron chi connectivity index (χ0n) is 10.7. The summed E-state index contributed by atoms with van der Waals surface area (Å²) in [6.45, 7) is 0. The number of hydrogen-bond acceptors (Lipinski definition) is 2. The van der Waals surface area contributed by atoms with E-state index in [4.69, 9.17) is 5.11 Å². The van der Waals surface area contributed by atoms with Crippen molar-refractivity contribution < 1.29 is 14.3 Å². The smallest absolute Gasteiger partial charge is 0.335 e. The third-order valence-corrected chi connectivity index (χ3v) is 4.77. The molecule has 1 aliphatic carbocycles. The summed E-state index contributed by atoms with van der Waals surface area (Å²) < 4.78 is 13.7. The van der Waals surface area contributed by atoms with E-state index in [2.05, 4.69) is 12.1 Å². The summed E-state index contributed by atoms with van der Waals surface area (Å²) in [4.78, 5) is 11.3. The highest BCUT2D eigenvalue weighted by Gasteiger charge is 2.25. The SMILES string of the molecule is O=C(O)c1ccc(F)c(SCC2Cc3ccccc32)c1. The molecule has 3 rings (SSSR count). The first-order chi connectivity index (χ1) is 9.65. The molecule has 0 spiro atoms. The predicted octanol–water partition coefficient (Wildman–Crippen LogP) is 3.96. The Kier molecular flexibility index (Phi) is 3.49. The molecule has 4 heteroatoms. The number of halogens is 1. The second-order valence-corrected chi connectivity index (χ2v) is 5.92. The van der Waals surface area contributed by atoms with Gasteiger partial charge in [-0.2, -0.15) is 0 Å². The van der Waals surface area contributed by atoms with Gasteiger partial charge in [-0.15, -0.1) is 11.8 Å². The van der Waals surface area contributed by atoms with Gasteiger partial charge in [0, 0.05) is 10.6 Å². The molecule has 0 fully saturated rings. The molecule has 1 atom stereocenters. The Bertz CT molecular complexity index is 669. The van der Waals surface area contributed by atoms with Crippen molar-refractivity contribution in [1.29, 1.82) is 0 Å². The number of carboxylic acid groups (broad SMARTS) is 1. The number of benzene rings is 2. The fourth-order valence-corrected chi connectivity index (χ4v) is 3.54. The Morgan fingerprint density at radius 3 is 2.85 bits per heavy atom. The summed E-state index contributed by atoms with van der Waals surface area (Å²) in [5.74, 6) is -0.172. The van der Waals surface area contributed by atoms with Gasteiger partial charge in [-0.25, -0.2) is 9.18 Å². The molecule has 0 amide bonds. The number of rotatable bonds is 4. The lowest BCUT2D eigenvalue weighted by Crippen LogP contribution is -2.18. The van der Waals surface area contributed by atoms with Gasteiger partial charge in [0.25, 0.3) is 0 Å². The van der Waals surface area contributed by atoms with Crippen molar-refractivity contribution in [2.45, 2.75) is 17.2 Å².